The Morgan fingerprint density at radius 1 is 1.13 bits per heavy atom. The summed E-state index contributed by atoms with van der Waals surface area (Å²) in [4.78, 5) is 26.8. The Hall–Kier alpha value is -2.89. The third-order valence-corrected chi connectivity index (χ3v) is 5.72. The predicted molar refractivity (Wildman–Crippen MR) is 112 cm³/mol. The first kappa shape index (κ1) is 20.4. The smallest absolute Gasteiger partial charge is 0.253 e. The molecule has 1 N–H and O–H groups in total. The molecule has 158 valence electrons. The molecule has 2 amide bonds. The fraction of sp³-hybridized carbons (Fsp3) is 0.417. The Kier molecular flexibility index (Phi) is 6.02. The zero-order chi connectivity index (χ0) is 21.1. The lowest BCUT2D eigenvalue weighted by Gasteiger charge is -2.32. The second-order valence-corrected chi connectivity index (χ2v) is 8.31. The van der Waals surface area contributed by atoms with Gasteiger partial charge in [0.25, 0.3) is 11.8 Å². The fourth-order valence-corrected chi connectivity index (χ4v) is 3.73. The van der Waals surface area contributed by atoms with E-state index in [1.807, 2.05) is 12.1 Å². The fourth-order valence-electron chi connectivity index (χ4n) is 3.73. The molecular weight excluding hydrogens is 383 g/mol. The normalized spacial score (nSPS) is 18.7. The van der Waals surface area contributed by atoms with Crippen molar-refractivity contribution in [3.63, 3.8) is 0 Å². The summed E-state index contributed by atoms with van der Waals surface area (Å²) in [7, 11) is 0. The van der Waals surface area contributed by atoms with Crippen molar-refractivity contribution in [3.05, 3.63) is 65.0 Å². The SMILES string of the molecule is Cc1ccc(C(=O)N2CCC[C@@H](COc3cccc(C(=O)NC4CC4)c3)C2)cc1F. The van der Waals surface area contributed by atoms with Crippen molar-refractivity contribution in [2.45, 2.75) is 38.6 Å². The van der Waals surface area contributed by atoms with Gasteiger partial charge in [-0.05, 0) is 68.5 Å². The molecule has 5 nitrogen and oxygen atoms in total. The quantitative estimate of drug-likeness (QED) is 0.784. The third-order valence-electron chi connectivity index (χ3n) is 5.72. The highest BCUT2D eigenvalue weighted by Gasteiger charge is 2.26. The van der Waals surface area contributed by atoms with Crippen LogP contribution in [0.4, 0.5) is 4.39 Å². The number of rotatable bonds is 6. The maximum atomic E-state index is 13.8. The number of piperidine rings is 1. The lowest BCUT2D eigenvalue weighted by Crippen LogP contribution is -2.41. The molecule has 0 radical (unpaired) electrons. The van der Waals surface area contributed by atoms with E-state index in [1.54, 1.807) is 36.1 Å². The number of aryl methyl sites for hydroxylation is 1. The van der Waals surface area contributed by atoms with Crippen LogP contribution < -0.4 is 10.1 Å². The van der Waals surface area contributed by atoms with E-state index >= 15 is 0 Å². The Labute approximate surface area is 176 Å². The standard InChI is InChI=1S/C24H27FN2O3/c1-16-7-8-19(13-22(16)25)24(29)27-11-3-4-17(14-27)15-30-21-6-2-5-18(12-21)23(28)26-20-9-10-20/h2,5-8,12-13,17,20H,3-4,9-11,14-15H2,1H3,(H,26,28)/t17-/m1/s1. The van der Waals surface area contributed by atoms with Gasteiger partial charge >= 0.3 is 0 Å². The minimum absolute atomic E-state index is 0.0669. The van der Waals surface area contributed by atoms with Crippen LogP contribution in [-0.2, 0) is 0 Å². The van der Waals surface area contributed by atoms with Crippen LogP contribution in [0.5, 0.6) is 5.75 Å². The molecule has 0 bridgehead atoms. The van der Waals surface area contributed by atoms with Crippen LogP contribution >= 0.6 is 0 Å². The maximum Gasteiger partial charge on any atom is 0.253 e. The number of likely N-dealkylation sites (tertiary alicyclic amines) is 1. The number of ether oxygens (including phenoxy) is 1. The summed E-state index contributed by atoms with van der Waals surface area (Å²) in [5.74, 6) is 0.285. The van der Waals surface area contributed by atoms with Crippen LogP contribution in [0.2, 0.25) is 0 Å². The zero-order valence-electron chi connectivity index (χ0n) is 17.2. The maximum absolute atomic E-state index is 13.8. The lowest BCUT2D eigenvalue weighted by molar-refractivity contribution is 0.0632. The summed E-state index contributed by atoms with van der Waals surface area (Å²) >= 11 is 0. The molecule has 4 rings (SSSR count). The van der Waals surface area contributed by atoms with E-state index in [1.165, 1.54) is 6.07 Å². The molecular formula is C24H27FN2O3. The van der Waals surface area contributed by atoms with Crippen LogP contribution in [0.1, 0.15) is 52.0 Å². The molecule has 1 aliphatic carbocycles. The van der Waals surface area contributed by atoms with Gasteiger partial charge < -0.3 is 15.0 Å². The molecule has 1 atom stereocenters. The number of halogens is 1. The molecule has 6 heteroatoms. The summed E-state index contributed by atoms with van der Waals surface area (Å²) in [6.45, 7) is 3.40. The van der Waals surface area contributed by atoms with E-state index in [2.05, 4.69) is 5.32 Å². The van der Waals surface area contributed by atoms with Crippen LogP contribution in [-0.4, -0.2) is 42.5 Å². The molecule has 0 unspecified atom stereocenters. The van der Waals surface area contributed by atoms with E-state index < -0.39 is 0 Å². The molecule has 30 heavy (non-hydrogen) atoms. The van der Waals surface area contributed by atoms with Crippen LogP contribution in [0.25, 0.3) is 0 Å². The van der Waals surface area contributed by atoms with Crippen molar-refractivity contribution in [3.8, 4) is 5.75 Å². The molecule has 1 heterocycles. The van der Waals surface area contributed by atoms with Gasteiger partial charge in [0.1, 0.15) is 11.6 Å². The minimum Gasteiger partial charge on any atom is -0.493 e. The number of carbonyl (C=O) groups excluding carboxylic acids is 2. The molecule has 2 fully saturated rings. The second-order valence-electron chi connectivity index (χ2n) is 8.31. The van der Waals surface area contributed by atoms with Crippen LogP contribution in [0, 0.1) is 18.7 Å². The number of amides is 2. The zero-order valence-corrected chi connectivity index (χ0v) is 17.2. The van der Waals surface area contributed by atoms with Crippen molar-refractivity contribution in [1.82, 2.24) is 10.2 Å². The molecule has 0 spiro atoms. The molecule has 2 aromatic carbocycles. The van der Waals surface area contributed by atoms with Gasteiger partial charge in [-0.15, -0.1) is 0 Å². The average molecular weight is 410 g/mol. The third kappa shape index (κ3) is 4.99. The van der Waals surface area contributed by atoms with Crippen LogP contribution in [0.15, 0.2) is 42.5 Å². The highest BCUT2D eigenvalue weighted by atomic mass is 19.1. The first-order valence-electron chi connectivity index (χ1n) is 10.6. The van der Waals surface area contributed by atoms with Gasteiger partial charge in [0.2, 0.25) is 0 Å². The van der Waals surface area contributed by atoms with E-state index in [0.29, 0.717) is 48.2 Å². The highest BCUT2D eigenvalue weighted by Crippen LogP contribution is 2.23. The van der Waals surface area contributed by atoms with Crippen molar-refractivity contribution in [2.75, 3.05) is 19.7 Å². The van der Waals surface area contributed by atoms with Crippen molar-refractivity contribution >= 4 is 11.8 Å². The van der Waals surface area contributed by atoms with E-state index in [-0.39, 0.29) is 23.5 Å². The summed E-state index contributed by atoms with van der Waals surface area (Å²) < 4.78 is 19.8. The van der Waals surface area contributed by atoms with Crippen LogP contribution in [0.3, 0.4) is 0 Å². The summed E-state index contributed by atoms with van der Waals surface area (Å²) in [6.07, 6.45) is 3.95. The first-order valence-corrected chi connectivity index (χ1v) is 10.6. The monoisotopic (exact) mass is 410 g/mol. The summed E-state index contributed by atoms with van der Waals surface area (Å²) in [6, 6.07) is 12.2. The van der Waals surface area contributed by atoms with Gasteiger partial charge in [-0.1, -0.05) is 12.1 Å². The van der Waals surface area contributed by atoms with Crippen molar-refractivity contribution < 1.29 is 18.7 Å². The van der Waals surface area contributed by atoms with Gasteiger partial charge in [0, 0.05) is 36.2 Å². The van der Waals surface area contributed by atoms with Gasteiger partial charge in [0.05, 0.1) is 6.61 Å². The molecule has 1 saturated carbocycles. The number of nitrogens with one attached hydrogen (secondary N) is 1. The van der Waals surface area contributed by atoms with E-state index in [0.717, 1.165) is 25.7 Å². The largest absolute Gasteiger partial charge is 0.493 e. The molecule has 0 aromatic heterocycles. The highest BCUT2D eigenvalue weighted by molar-refractivity contribution is 5.95. The van der Waals surface area contributed by atoms with E-state index in [9.17, 15) is 14.0 Å². The predicted octanol–water partition coefficient (Wildman–Crippen LogP) is 3.96. The average Bonchev–Trinajstić information content (AvgIpc) is 3.58. The first-order chi connectivity index (χ1) is 14.5. The Morgan fingerprint density at radius 2 is 1.97 bits per heavy atom. The minimum atomic E-state index is -0.358. The van der Waals surface area contributed by atoms with Crippen molar-refractivity contribution in [2.24, 2.45) is 5.92 Å². The van der Waals surface area contributed by atoms with Crippen molar-refractivity contribution in [1.29, 1.82) is 0 Å². The summed E-state index contributed by atoms with van der Waals surface area (Å²) in [5, 5.41) is 2.98. The number of benzene rings is 2. The Balaban J connectivity index is 1.33. The number of hydrogen-bond acceptors (Lipinski definition) is 3. The summed E-state index contributed by atoms with van der Waals surface area (Å²) in [5.41, 5.74) is 1.51. The number of carbonyl (C=O) groups is 2. The second kappa shape index (κ2) is 8.86. The lowest BCUT2D eigenvalue weighted by atomic mass is 9.98. The van der Waals surface area contributed by atoms with Gasteiger partial charge in [0.15, 0.2) is 0 Å². The van der Waals surface area contributed by atoms with Gasteiger partial charge in [-0.3, -0.25) is 9.59 Å². The Morgan fingerprint density at radius 3 is 2.73 bits per heavy atom. The van der Waals surface area contributed by atoms with Gasteiger partial charge in [-0.25, -0.2) is 4.39 Å². The number of hydrogen-bond donors (Lipinski definition) is 1. The molecule has 2 aromatic rings. The molecule has 1 aliphatic heterocycles. The van der Waals surface area contributed by atoms with E-state index in [4.69, 9.17) is 4.74 Å². The molecule has 2 aliphatic rings. The number of nitrogens with zero attached hydrogens (tertiary/aromatic N) is 1. The molecule has 1 saturated heterocycles. The Bertz CT molecular complexity index is 942. The topological polar surface area (TPSA) is 58.6 Å². The van der Waals surface area contributed by atoms with Gasteiger partial charge in [-0.2, -0.15) is 0 Å².